The molecule has 0 atom stereocenters. The van der Waals surface area contributed by atoms with E-state index in [1.807, 2.05) is 0 Å². The second kappa shape index (κ2) is 7.43. The number of carbonyl (C=O) groups excluding carboxylic acids is 1. The van der Waals surface area contributed by atoms with E-state index >= 15 is 0 Å². The van der Waals surface area contributed by atoms with Gasteiger partial charge in [-0.05, 0) is 40.5 Å². The molecule has 0 heterocycles. The lowest BCUT2D eigenvalue weighted by molar-refractivity contribution is -0.116. The first-order valence-electron chi connectivity index (χ1n) is 5.88. The molecule has 0 aliphatic heterocycles. The summed E-state index contributed by atoms with van der Waals surface area (Å²) in [4.78, 5) is 11.6. The van der Waals surface area contributed by atoms with Gasteiger partial charge in [0.1, 0.15) is 5.82 Å². The van der Waals surface area contributed by atoms with Crippen molar-refractivity contribution in [1.29, 1.82) is 0 Å². The van der Waals surface area contributed by atoms with Crippen molar-refractivity contribution in [2.24, 2.45) is 0 Å². The van der Waals surface area contributed by atoms with E-state index in [4.69, 9.17) is 0 Å². The number of benzene rings is 1. The highest BCUT2D eigenvalue weighted by molar-refractivity contribution is 9.10. The quantitative estimate of drug-likeness (QED) is 0.770. The number of halogens is 2. The van der Waals surface area contributed by atoms with Gasteiger partial charge < -0.3 is 5.32 Å². The standard InChI is InChI=1S/C13H17BrFNO/c1-2-3-4-5-6-13(17)16-12-8-7-10(15)9-11(12)14/h7-9H,2-6H2,1H3,(H,16,17). The predicted molar refractivity (Wildman–Crippen MR) is 71.5 cm³/mol. The third-order valence-electron chi connectivity index (χ3n) is 2.46. The average Bonchev–Trinajstić information content (AvgIpc) is 2.28. The van der Waals surface area contributed by atoms with Crippen molar-refractivity contribution in [3.63, 3.8) is 0 Å². The highest BCUT2D eigenvalue weighted by Crippen LogP contribution is 2.23. The molecular formula is C13H17BrFNO. The van der Waals surface area contributed by atoms with E-state index in [1.54, 1.807) is 6.07 Å². The molecule has 0 saturated carbocycles. The largest absolute Gasteiger partial charge is 0.325 e. The fourth-order valence-electron chi connectivity index (χ4n) is 1.52. The lowest BCUT2D eigenvalue weighted by Crippen LogP contribution is -2.11. The van der Waals surface area contributed by atoms with Gasteiger partial charge >= 0.3 is 0 Å². The molecule has 0 aliphatic carbocycles. The Labute approximate surface area is 110 Å². The maximum Gasteiger partial charge on any atom is 0.224 e. The first-order chi connectivity index (χ1) is 8.13. The minimum Gasteiger partial charge on any atom is -0.325 e. The third-order valence-corrected chi connectivity index (χ3v) is 3.12. The smallest absolute Gasteiger partial charge is 0.224 e. The second-order valence-corrected chi connectivity index (χ2v) is 4.84. The van der Waals surface area contributed by atoms with Crippen molar-refractivity contribution < 1.29 is 9.18 Å². The summed E-state index contributed by atoms with van der Waals surface area (Å²) in [6, 6.07) is 4.23. The maximum atomic E-state index is 12.8. The summed E-state index contributed by atoms with van der Waals surface area (Å²) in [6.45, 7) is 2.13. The van der Waals surface area contributed by atoms with E-state index in [9.17, 15) is 9.18 Å². The molecule has 1 rings (SSSR count). The van der Waals surface area contributed by atoms with Crippen LogP contribution >= 0.6 is 15.9 Å². The summed E-state index contributed by atoms with van der Waals surface area (Å²) in [7, 11) is 0. The first-order valence-corrected chi connectivity index (χ1v) is 6.67. The predicted octanol–water partition coefficient (Wildman–Crippen LogP) is 4.50. The van der Waals surface area contributed by atoms with E-state index < -0.39 is 0 Å². The Morgan fingerprint density at radius 1 is 1.35 bits per heavy atom. The number of nitrogens with one attached hydrogen (secondary N) is 1. The molecule has 94 valence electrons. The van der Waals surface area contributed by atoms with Crippen LogP contribution in [0.5, 0.6) is 0 Å². The zero-order valence-electron chi connectivity index (χ0n) is 9.93. The minimum absolute atomic E-state index is 0.0200. The van der Waals surface area contributed by atoms with Crippen molar-refractivity contribution in [2.75, 3.05) is 5.32 Å². The number of anilines is 1. The number of hydrogen-bond acceptors (Lipinski definition) is 1. The highest BCUT2D eigenvalue weighted by atomic mass is 79.9. The Hall–Kier alpha value is -0.900. The SMILES string of the molecule is CCCCCCC(=O)Nc1ccc(F)cc1Br. The Kier molecular flexibility index (Phi) is 6.19. The van der Waals surface area contributed by atoms with Gasteiger partial charge in [0, 0.05) is 10.9 Å². The Bertz CT molecular complexity index is 382. The van der Waals surface area contributed by atoms with Gasteiger partial charge in [0.15, 0.2) is 0 Å². The molecule has 17 heavy (non-hydrogen) atoms. The molecule has 1 aromatic carbocycles. The molecule has 0 aliphatic rings. The zero-order valence-corrected chi connectivity index (χ0v) is 11.5. The molecule has 4 heteroatoms. The van der Waals surface area contributed by atoms with E-state index in [0.29, 0.717) is 16.6 Å². The molecule has 0 saturated heterocycles. The molecule has 1 amide bonds. The van der Waals surface area contributed by atoms with Gasteiger partial charge in [-0.3, -0.25) is 4.79 Å². The van der Waals surface area contributed by atoms with Crippen molar-refractivity contribution in [2.45, 2.75) is 39.0 Å². The van der Waals surface area contributed by atoms with Crippen LogP contribution in [0.1, 0.15) is 39.0 Å². The highest BCUT2D eigenvalue weighted by Gasteiger charge is 2.06. The second-order valence-electron chi connectivity index (χ2n) is 3.98. The van der Waals surface area contributed by atoms with E-state index in [1.165, 1.54) is 12.1 Å². The van der Waals surface area contributed by atoms with Gasteiger partial charge in [-0.1, -0.05) is 26.2 Å². The first kappa shape index (κ1) is 14.2. The van der Waals surface area contributed by atoms with Crippen LogP contribution in [0.25, 0.3) is 0 Å². The third kappa shape index (κ3) is 5.31. The fraction of sp³-hybridized carbons (Fsp3) is 0.462. The molecule has 0 unspecified atom stereocenters. The molecule has 0 bridgehead atoms. The van der Waals surface area contributed by atoms with Crippen LogP contribution in [0.2, 0.25) is 0 Å². The molecule has 0 fully saturated rings. The molecule has 0 spiro atoms. The molecule has 2 nitrogen and oxygen atoms in total. The van der Waals surface area contributed by atoms with Crippen LogP contribution < -0.4 is 5.32 Å². The summed E-state index contributed by atoms with van der Waals surface area (Å²) in [5.74, 6) is -0.341. The van der Waals surface area contributed by atoms with Crippen molar-refractivity contribution >= 4 is 27.5 Å². The number of amides is 1. The van der Waals surface area contributed by atoms with Crippen LogP contribution in [-0.2, 0) is 4.79 Å². The van der Waals surface area contributed by atoms with E-state index in [0.717, 1.165) is 25.7 Å². The average molecular weight is 302 g/mol. The Morgan fingerprint density at radius 3 is 2.76 bits per heavy atom. The van der Waals surface area contributed by atoms with Gasteiger partial charge in [-0.2, -0.15) is 0 Å². The minimum atomic E-state index is -0.321. The van der Waals surface area contributed by atoms with Crippen molar-refractivity contribution in [3.05, 3.63) is 28.5 Å². The number of rotatable bonds is 6. The number of carbonyl (C=O) groups is 1. The molecule has 1 aromatic rings. The van der Waals surface area contributed by atoms with Crippen molar-refractivity contribution in [3.8, 4) is 0 Å². The number of unbranched alkanes of at least 4 members (excludes halogenated alkanes) is 3. The van der Waals surface area contributed by atoms with E-state index in [2.05, 4.69) is 28.2 Å². The van der Waals surface area contributed by atoms with Crippen LogP contribution in [-0.4, -0.2) is 5.91 Å². The Morgan fingerprint density at radius 2 is 2.12 bits per heavy atom. The van der Waals surface area contributed by atoms with Crippen LogP contribution in [0.15, 0.2) is 22.7 Å². The van der Waals surface area contributed by atoms with E-state index in [-0.39, 0.29) is 11.7 Å². The topological polar surface area (TPSA) is 29.1 Å². The lowest BCUT2D eigenvalue weighted by atomic mass is 10.1. The van der Waals surface area contributed by atoms with Crippen LogP contribution in [0.4, 0.5) is 10.1 Å². The van der Waals surface area contributed by atoms with Gasteiger partial charge in [0.2, 0.25) is 5.91 Å². The fourth-order valence-corrected chi connectivity index (χ4v) is 1.97. The van der Waals surface area contributed by atoms with Gasteiger partial charge in [0.25, 0.3) is 0 Å². The normalized spacial score (nSPS) is 10.3. The van der Waals surface area contributed by atoms with Crippen LogP contribution in [0.3, 0.4) is 0 Å². The molecule has 1 N–H and O–H groups in total. The molecular weight excluding hydrogens is 285 g/mol. The van der Waals surface area contributed by atoms with Crippen molar-refractivity contribution in [1.82, 2.24) is 0 Å². The van der Waals surface area contributed by atoms with Crippen LogP contribution in [0, 0.1) is 5.82 Å². The monoisotopic (exact) mass is 301 g/mol. The zero-order chi connectivity index (χ0) is 12.7. The van der Waals surface area contributed by atoms with Gasteiger partial charge in [-0.15, -0.1) is 0 Å². The number of hydrogen-bond donors (Lipinski definition) is 1. The lowest BCUT2D eigenvalue weighted by Gasteiger charge is -2.07. The molecule has 0 aromatic heterocycles. The summed E-state index contributed by atoms with van der Waals surface area (Å²) in [5, 5.41) is 2.76. The van der Waals surface area contributed by atoms with Gasteiger partial charge in [-0.25, -0.2) is 4.39 Å². The summed E-state index contributed by atoms with van der Waals surface area (Å²) in [5.41, 5.74) is 0.617. The maximum absolute atomic E-state index is 12.8. The summed E-state index contributed by atoms with van der Waals surface area (Å²) in [6.07, 6.45) is 4.81. The Balaban J connectivity index is 2.40. The summed E-state index contributed by atoms with van der Waals surface area (Å²) < 4.78 is 13.4. The molecule has 0 radical (unpaired) electrons. The van der Waals surface area contributed by atoms with Gasteiger partial charge in [0.05, 0.1) is 5.69 Å². The summed E-state index contributed by atoms with van der Waals surface area (Å²) >= 11 is 3.21.